The van der Waals surface area contributed by atoms with Crippen LogP contribution in [0.25, 0.3) is 0 Å². The van der Waals surface area contributed by atoms with Gasteiger partial charge in [0.2, 0.25) is 5.91 Å². The summed E-state index contributed by atoms with van der Waals surface area (Å²) in [5, 5.41) is 12.9. The third-order valence-electron chi connectivity index (χ3n) is 3.84. The summed E-state index contributed by atoms with van der Waals surface area (Å²) in [7, 11) is 0. The average Bonchev–Trinajstić information content (AvgIpc) is 2.45. The summed E-state index contributed by atoms with van der Waals surface area (Å²) >= 11 is 0. The number of hydrogen-bond acceptors (Lipinski definition) is 4. The first-order valence-corrected chi connectivity index (χ1v) is 6.91. The van der Waals surface area contributed by atoms with E-state index in [4.69, 9.17) is 10.5 Å². The number of carbonyl (C=O) groups is 1. The van der Waals surface area contributed by atoms with Crippen LogP contribution in [-0.2, 0) is 9.53 Å². The van der Waals surface area contributed by atoms with Gasteiger partial charge in [-0.2, -0.15) is 0 Å². The van der Waals surface area contributed by atoms with Crippen LogP contribution >= 0.6 is 12.4 Å². The van der Waals surface area contributed by atoms with E-state index in [-0.39, 0.29) is 24.9 Å². The Morgan fingerprint density at radius 1 is 1.43 bits per heavy atom. The van der Waals surface area contributed by atoms with Gasteiger partial charge in [0.1, 0.15) is 0 Å². The number of nitrogens with one attached hydrogen (secondary N) is 1. The van der Waals surface area contributed by atoms with E-state index in [9.17, 15) is 9.90 Å². The molecule has 118 valence electrons. The topological polar surface area (TPSA) is 84.6 Å². The number of hydrogen-bond donors (Lipinski definition) is 3. The van der Waals surface area contributed by atoms with Crippen LogP contribution in [0.3, 0.4) is 0 Å². The van der Waals surface area contributed by atoms with Crippen molar-refractivity contribution in [2.24, 2.45) is 5.73 Å². The normalized spacial score (nSPS) is 18.4. The number of rotatable bonds is 4. The minimum absolute atomic E-state index is 0. The quantitative estimate of drug-likeness (QED) is 0.776. The molecule has 1 aromatic rings. The van der Waals surface area contributed by atoms with Crippen molar-refractivity contribution in [3.63, 3.8) is 0 Å². The molecular formula is C15H23ClN2O3. The molecule has 0 radical (unpaired) electrons. The molecule has 1 aromatic carbocycles. The van der Waals surface area contributed by atoms with Gasteiger partial charge in [0.05, 0.1) is 11.6 Å². The number of aryl methyl sites for hydroxylation is 1. The van der Waals surface area contributed by atoms with Crippen LogP contribution in [0, 0.1) is 6.92 Å². The summed E-state index contributed by atoms with van der Waals surface area (Å²) in [6.07, 6.45) is 0.307. The first-order chi connectivity index (χ1) is 9.53. The molecule has 0 saturated carbocycles. The van der Waals surface area contributed by atoms with Crippen LogP contribution in [0.15, 0.2) is 24.3 Å². The smallest absolute Gasteiger partial charge is 0.240 e. The summed E-state index contributed by atoms with van der Waals surface area (Å²) < 4.78 is 5.22. The predicted molar refractivity (Wildman–Crippen MR) is 83.4 cm³/mol. The number of amides is 1. The van der Waals surface area contributed by atoms with Crippen molar-refractivity contribution in [2.75, 3.05) is 19.8 Å². The van der Waals surface area contributed by atoms with E-state index < -0.39 is 11.6 Å². The predicted octanol–water partition coefficient (Wildman–Crippen LogP) is 1.07. The van der Waals surface area contributed by atoms with Gasteiger partial charge in [-0.05, 0) is 30.9 Å². The highest BCUT2D eigenvalue weighted by atomic mass is 35.5. The molecule has 0 bridgehead atoms. The minimum atomic E-state index is -0.871. The van der Waals surface area contributed by atoms with Crippen LogP contribution in [0.2, 0.25) is 0 Å². The highest BCUT2D eigenvalue weighted by molar-refractivity contribution is 5.86. The molecule has 21 heavy (non-hydrogen) atoms. The van der Waals surface area contributed by atoms with Gasteiger partial charge in [-0.15, -0.1) is 12.4 Å². The molecule has 1 fully saturated rings. The Bertz CT molecular complexity index is 476. The Labute approximate surface area is 131 Å². The van der Waals surface area contributed by atoms with E-state index in [1.165, 1.54) is 0 Å². The molecule has 1 aliphatic heterocycles. The lowest BCUT2D eigenvalue weighted by atomic mass is 9.90. The van der Waals surface area contributed by atoms with E-state index in [2.05, 4.69) is 5.32 Å². The van der Waals surface area contributed by atoms with E-state index in [1.54, 1.807) is 0 Å². The van der Waals surface area contributed by atoms with Crippen molar-refractivity contribution in [3.05, 3.63) is 35.4 Å². The molecule has 1 heterocycles. The molecule has 2 rings (SSSR count). The van der Waals surface area contributed by atoms with Crippen LogP contribution in [0.5, 0.6) is 0 Å². The highest BCUT2D eigenvalue weighted by Crippen LogP contribution is 2.19. The van der Waals surface area contributed by atoms with Crippen LogP contribution in [0.4, 0.5) is 0 Å². The zero-order chi connectivity index (χ0) is 14.6. The molecule has 0 aliphatic carbocycles. The number of nitrogens with two attached hydrogens (primary N) is 1. The number of ether oxygens (including phenoxy) is 1. The van der Waals surface area contributed by atoms with Gasteiger partial charge < -0.3 is 20.9 Å². The zero-order valence-electron chi connectivity index (χ0n) is 12.2. The third kappa shape index (κ3) is 4.41. The lowest BCUT2D eigenvalue weighted by Gasteiger charge is -2.32. The summed E-state index contributed by atoms with van der Waals surface area (Å²) in [5.41, 5.74) is 7.04. The highest BCUT2D eigenvalue weighted by Gasteiger charge is 2.35. The van der Waals surface area contributed by atoms with Crippen molar-refractivity contribution in [3.8, 4) is 0 Å². The van der Waals surface area contributed by atoms with Gasteiger partial charge >= 0.3 is 0 Å². The average molecular weight is 315 g/mol. The second-order valence-corrected chi connectivity index (χ2v) is 5.35. The summed E-state index contributed by atoms with van der Waals surface area (Å²) in [6.45, 7) is 3.11. The summed E-state index contributed by atoms with van der Waals surface area (Å²) in [5.74, 6) is -0.214. The van der Waals surface area contributed by atoms with Crippen molar-refractivity contribution < 1.29 is 14.6 Å². The standard InChI is InChI=1S/C15H22N2O3.ClH/c1-11-4-2-3-5-12(11)13(18)10-17-14(19)15(16)6-8-20-9-7-15;/h2-5,13,18H,6-10,16H2,1H3,(H,17,19);1H. The second kappa shape index (κ2) is 7.75. The number of benzene rings is 1. The van der Waals surface area contributed by atoms with E-state index in [1.807, 2.05) is 31.2 Å². The fourth-order valence-corrected chi connectivity index (χ4v) is 2.40. The molecule has 0 spiro atoms. The second-order valence-electron chi connectivity index (χ2n) is 5.35. The van der Waals surface area contributed by atoms with Crippen molar-refractivity contribution >= 4 is 18.3 Å². The molecule has 4 N–H and O–H groups in total. The first-order valence-electron chi connectivity index (χ1n) is 6.91. The Hall–Kier alpha value is -1.14. The molecular weight excluding hydrogens is 292 g/mol. The van der Waals surface area contributed by atoms with Gasteiger partial charge in [0, 0.05) is 19.8 Å². The number of halogens is 1. The fourth-order valence-electron chi connectivity index (χ4n) is 2.40. The molecule has 1 unspecified atom stereocenters. The molecule has 0 aromatic heterocycles. The number of carbonyl (C=O) groups excluding carboxylic acids is 1. The molecule has 1 amide bonds. The molecule has 1 atom stereocenters. The molecule has 1 saturated heterocycles. The third-order valence-corrected chi connectivity index (χ3v) is 3.84. The lowest BCUT2D eigenvalue weighted by Crippen LogP contribution is -2.57. The number of aliphatic hydroxyl groups excluding tert-OH is 1. The fraction of sp³-hybridized carbons (Fsp3) is 0.533. The Balaban J connectivity index is 0.00000220. The van der Waals surface area contributed by atoms with Crippen LogP contribution < -0.4 is 11.1 Å². The van der Waals surface area contributed by atoms with Gasteiger partial charge in [0.25, 0.3) is 0 Å². The Morgan fingerprint density at radius 3 is 2.67 bits per heavy atom. The van der Waals surface area contributed by atoms with Gasteiger partial charge in [-0.25, -0.2) is 0 Å². The minimum Gasteiger partial charge on any atom is -0.387 e. The van der Waals surface area contributed by atoms with Crippen molar-refractivity contribution in [2.45, 2.75) is 31.4 Å². The lowest BCUT2D eigenvalue weighted by molar-refractivity contribution is -0.130. The van der Waals surface area contributed by atoms with E-state index in [0.29, 0.717) is 26.1 Å². The van der Waals surface area contributed by atoms with Crippen molar-refractivity contribution in [1.29, 1.82) is 0 Å². The van der Waals surface area contributed by atoms with E-state index in [0.717, 1.165) is 11.1 Å². The van der Waals surface area contributed by atoms with Crippen LogP contribution in [0.1, 0.15) is 30.1 Å². The molecule has 5 nitrogen and oxygen atoms in total. The van der Waals surface area contributed by atoms with Crippen molar-refractivity contribution in [1.82, 2.24) is 5.32 Å². The molecule has 6 heteroatoms. The number of aliphatic hydroxyl groups is 1. The molecule has 1 aliphatic rings. The van der Waals surface area contributed by atoms with Gasteiger partial charge in [-0.3, -0.25) is 4.79 Å². The SMILES string of the molecule is Cc1ccccc1C(O)CNC(=O)C1(N)CCOCC1.Cl. The Kier molecular flexibility index (Phi) is 6.61. The maximum Gasteiger partial charge on any atom is 0.240 e. The Morgan fingerprint density at radius 2 is 2.05 bits per heavy atom. The largest absolute Gasteiger partial charge is 0.387 e. The van der Waals surface area contributed by atoms with Gasteiger partial charge in [0.15, 0.2) is 0 Å². The maximum atomic E-state index is 12.1. The summed E-state index contributed by atoms with van der Waals surface area (Å²) in [6, 6.07) is 7.58. The van der Waals surface area contributed by atoms with Gasteiger partial charge in [-0.1, -0.05) is 24.3 Å². The monoisotopic (exact) mass is 314 g/mol. The zero-order valence-corrected chi connectivity index (χ0v) is 13.0. The van der Waals surface area contributed by atoms with E-state index >= 15 is 0 Å². The van der Waals surface area contributed by atoms with Crippen LogP contribution in [-0.4, -0.2) is 36.3 Å². The first kappa shape index (κ1) is 17.9. The maximum absolute atomic E-state index is 12.1. The summed E-state index contributed by atoms with van der Waals surface area (Å²) in [4.78, 5) is 12.1.